The summed E-state index contributed by atoms with van der Waals surface area (Å²) in [6.07, 6.45) is 3.83. The summed E-state index contributed by atoms with van der Waals surface area (Å²) < 4.78 is 26.5. The van der Waals surface area contributed by atoms with Gasteiger partial charge in [-0.05, 0) is 36.4 Å². The van der Waals surface area contributed by atoms with E-state index in [-0.39, 0.29) is 22.0 Å². The zero-order chi connectivity index (χ0) is 20.3. The summed E-state index contributed by atoms with van der Waals surface area (Å²) in [6, 6.07) is 7.84. The number of nitrogens with two attached hydrogens (primary N) is 1. The minimum absolute atomic E-state index is 0.000872. The monoisotopic (exact) mass is 421 g/mol. The number of nitrogens with zero attached hydrogens (tertiary/aromatic N) is 2. The number of rotatable bonds is 4. The van der Waals surface area contributed by atoms with E-state index in [0.29, 0.717) is 15.9 Å². The fraction of sp³-hybridized carbons (Fsp3) is 0. The average Bonchev–Trinajstić information content (AvgIpc) is 2.65. The Labute approximate surface area is 168 Å². The second kappa shape index (κ2) is 8.33. The van der Waals surface area contributed by atoms with E-state index in [1.54, 1.807) is 12.1 Å². The number of benzene rings is 2. The number of hydrogen-bond donors (Lipinski definition) is 1. The lowest BCUT2D eigenvalue weighted by atomic mass is 10.1. The van der Waals surface area contributed by atoms with Crippen LogP contribution >= 0.6 is 23.2 Å². The zero-order valence-corrected chi connectivity index (χ0v) is 15.5. The first-order chi connectivity index (χ1) is 13.3. The number of amidine groups is 1. The van der Waals surface area contributed by atoms with Crippen LogP contribution in [0.2, 0.25) is 10.0 Å². The molecule has 0 fully saturated rings. The average molecular weight is 422 g/mol. The summed E-state index contributed by atoms with van der Waals surface area (Å²) >= 11 is 12.0. The molecule has 0 unspecified atom stereocenters. The van der Waals surface area contributed by atoms with Gasteiger partial charge in [-0.3, -0.25) is 4.98 Å². The number of carbonyl (C=O) groups excluding carboxylic acids is 1. The van der Waals surface area contributed by atoms with Crippen LogP contribution < -0.4 is 5.73 Å². The van der Waals surface area contributed by atoms with Crippen LogP contribution in [0.4, 0.5) is 8.78 Å². The highest BCUT2D eigenvalue weighted by Crippen LogP contribution is 2.27. The molecular formula is C19H11Cl2F2N3O2. The Morgan fingerprint density at radius 3 is 2.71 bits per heavy atom. The van der Waals surface area contributed by atoms with E-state index in [0.717, 1.165) is 12.1 Å². The van der Waals surface area contributed by atoms with Crippen molar-refractivity contribution in [2.24, 2.45) is 10.9 Å². The molecule has 0 radical (unpaired) electrons. The van der Waals surface area contributed by atoms with Crippen molar-refractivity contribution in [1.29, 1.82) is 0 Å². The normalized spacial score (nSPS) is 11.9. The SMILES string of the molecule is NC(/C=C/c1ccc(F)cc1F)=N\OC(=O)c1c(Cl)ccc2cc(Cl)cnc12. The standard InChI is InChI=1S/C19H11Cl2F2N3O2/c20-12-7-11-2-5-14(21)17(18(11)25-9-12)19(27)28-26-16(24)6-3-10-1-4-13(22)8-15(10)23/h1-9H,(H2,24,26)/b6-3+. The molecule has 3 rings (SSSR count). The second-order valence-corrected chi connectivity index (χ2v) is 6.39. The Balaban J connectivity index is 1.80. The van der Waals surface area contributed by atoms with Gasteiger partial charge >= 0.3 is 5.97 Å². The number of pyridine rings is 1. The molecule has 0 bridgehead atoms. The summed E-state index contributed by atoms with van der Waals surface area (Å²) in [5.41, 5.74) is 6.00. The molecule has 3 aromatic rings. The maximum Gasteiger partial charge on any atom is 0.369 e. The van der Waals surface area contributed by atoms with Gasteiger partial charge in [0.25, 0.3) is 0 Å². The van der Waals surface area contributed by atoms with E-state index >= 15 is 0 Å². The summed E-state index contributed by atoms with van der Waals surface area (Å²) in [4.78, 5) is 21.3. The molecule has 5 nitrogen and oxygen atoms in total. The van der Waals surface area contributed by atoms with Crippen LogP contribution in [0.5, 0.6) is 0 Å². The largest absolute Gasteiger partial charge is 0.381 e. The van der Waals surface area contributed by atoms with Crippen molar-refractivity contribution in [1.82, 2.24) is 4.98 Å². The first-order valence-electron chi connectivity index (χ1n) is 7.77. The molecule has 28 heavy (non-hydrogen) atoms. The van der Waals surface area contributed by atoms with Crippen molar-refractivity contribution in [3.05, 3.63) is 81.5 Å². The van der Waals surface area contributed by atoms with Crippen LogP contribution in [0.25, 0.3) is 17.0 Å². The highest BCUT2D eigenvalue weighted by atomic mass is 35.5. The third-order valence-corrected chi connectivity index (χ3v) is 4.12. The molecule has 0 saturated heterocycles. The van der Waals surface area contributed by atoms with Gasteiger partial charge in [0.1, 0.15) is 17.2 Å². The molecule has 0 aliphatic carbocycles. The number of aromatic nitrogens is 1. The van der Waals surface area contributed by atoms with Crippen LogP contribution in [0, 0.1) is 11.6 Å². The first-order valence-corrected chi connectivity index (χ1v) is 8.52. The lowest BCUT2D eigenvalue weighted by Gasteiger charge is -2.06. The van der Waals surface area contributed by atoms with Crippen molar-refractivity contribution in [2.45, 2.75) is 0 Å². The van der Waals surface area contributed by atoms with E-state index in [9.17, 15) is 13.6 Å². The molecule has 0 aliphatic rings. The topological polar surface area (TPSA) is 77.6 Å². The molecule has 1 aromatic heterocycles. The molecular weight excluding hydrogens is 411 g/mol. The van der Waals surface area contributed by atoms with Gasteiger partial charge in [-0.1, -0.05) is 34.4 Å². The molecule has 0 amide bonds. The Hall–Kier alpha value is -3.03. The molecule has 0 spiro atoms. The van der Waals surface area contributed by atoms with Crippen molar-refractivity contribution in [2.75, 3.05) is 0 Å². The maximum atomic E-state index is 13.6. The highest BCUT2D eigenvalue weighted by Gasteiger charge is 2.18. The van der Waals surface area contributed by atoms with Gasteiger partial charge in [0.15, 0.2) is 5.84 Å². The first kappa shape index (κ1) is 19.7. The van der Waals surface area contributed by atoms with Crippen LogP contribution in [0.3, 0.4) is 0 Å². The lowest BCUT2D eigenvalue weighted by molar-refractivity contribution is 0.0518. The predicted molar refractivity (Wildman–Crippen MR) is 104 cm³/mol. The Morgan fingerprint density at radius 2 is 1.96 bits per heavy atom. The number of oxime groups is 1. The molecule has 9 heteroatoms. The maximum absolute atomic E-state index is 13.6. The van der Waals surface area contributed by atoms with E-state index in [1.807, 2.05) is 0 Å². The number of fused-ring (bicyclic) bond motifs is 1. The van der Waals surface area contributed by atoms with Crippen LogP contribution in [-0.4, -0.2) is 16.8 Å². The summed E-state index contributed by atoms with van der Waals surface area (Å²) in [5.74, 6) is -2.57. The summed E-state index contributed by atoms with van der Waals surface area (Å²) in [6.45, 7) is 0. The third kappa shape index (κ3) is 4.44. The molecule has 0 aliphatic heterocycles. The van der Waals surface area contributed by atoms with Crippen LogP contribution in [0.15, 0.2) is 53.8 Å². The summed E-state index contributed by atoms with van der Waals surface area (Å²) in [7, 11) is 0. The highest BCUT2D eigenvalue weighted by molar-refractivity contribution is 6.35. The van der Waals surface area contributed by atoms with Crippen LogP contribution in [-0.2, 0) is 4.84 Å². The molecule has 2 aromatic carbocycles. The van der Waals surface area contributed by atoms with Crippen molar-refractivity contribution >= 4 is 52.0 Å². The van der Waals surface area contributed by atoms with E-state index in [2.05, 4.69) is 10.1 Å². The van der Waals surface area contributed by atoms with E-state index in [1.165, 1.54) is 30.5 Å². The number of carbonyl (C=O) groups is 1. The van der Waals surface area contributed by atoms with Gasteiger partial charge in [-0.15, -0.1) is 0 Å². The fourth-order valence-electron chi connectivity index (χ4n) is 2.33. The van der Waals surface area contributed by atoms with Crippen molar-refractivity contribution in [3.8, 4) is 0 Å². The lowest BCUT2D eigenvalue weighted by Crippen LogP contribution is -2.11. The van der Waals surface area contributed by atoms with Gasteiger partial charge in [0, 0.05) is 23.2 Å². The summed E-state index contributed by atoms with van der Waals surface area (Å²) in [5, 5.41) is 4.58. The molecule has 0 saturated carbocycles. The van der Waals surface area contributed by atoms with E-state index in [4.69, 9.17) is 33.8 Å². The third-order valence-electron chi connectivity index (χ3n) is 3.60. The van der Waals surface area contributed by atoms with Gasteiger partial charge in [0.05, 0.1) is 15.6 Å². The van der Waals surface area contributed by atoms with Gasteiger partial charge < -0.3 is 10.6 Å². The zero-order valence-electron chi connectivity index (χ0n) is 14.0. The molecule has 2 N–H and O–H groups in total. The smallest absolute Gasteiger partial charge is 0.369 e. The van der Waals surface area contributed by atoms with Gasteiger partial charge in [-0.25, -0.2) is 13.6 Å². The van der Waals surface area contributed by atoms with Crippen molar-refractivity contribution in [3.63, 3.8) is 0 Å². The number of hydrogen-bond acceptors (Lipinski definition) is 4. The molecule has 0 atom stereocenters. The quantitative estimate of drug-likeness (QED) is 0.279. The fourth-order valence-corrected chi connectivity index (χ4v) is 2.72. The van der Waals surface area contributed by atoms with Crippen molar-refractivity contribution < 1.29 is 18.4 Å². The minimum Gasteiger partial charge on any atom is -0.381 e. The van der Waals surface area contributed by atoms with Gasteiger partial charge in [-0.2, -0.15) is 0 Å². The Kier molecular flexibility index (Phi) is 5.87. The Bertz CT molecular complexity index is 1130. The van der Waals surface area contributed by atoms with Gasteiger partial charge in [0.2, 0.25) is 0 Å². The van der Waals surface area contributed by atoms with E-state index < -0.39 is 17.6 Å². The minimum atomic E-state index is -0.880. The number of halogens is 4. The Morgan fingerprint density at radius 1 is 1.18 bits per heavy atom. The molecule has 1 heterocycles. The van der Waals surface area contributed by atoms with Crippen LogP contribution in [0.1, 0.15) is 15.9 Å². The molecule has 142 valence electrons. The second-order valence-electron chi connectivity index (χ2n) is 5.54. The predicted octanol–water partition coefficient (Wildman–Crippen LogP) is 4.96.